The fourth-order valence-corrected chi connectivity index (χ4v) is 3.68. The molecule has 2 aromatic rings. The van der Waals surface area contributed by atoms with Gasteiger partial charge in [-0.3, -0.25) is 9.69 Å². The summed E-state index contributed by atoms with van der Waals surface area (Å²) < 4.78 is 5.72. The number of hydrogen-bond acceptors (Lipinski definition) is 5. The quantitative estimate of drug-likeness (QED) is 0.870. The number of nitrogens with one attached hydrogen (secondary N) is 2. The van der Waals surface area contributed by atoms with Gasteiger partial charge in [0.15, 0.2) is 0 Å². The highest BCUT2D eigenvalue weighted by Crippen LogP contribution is 2.22. The van der Waals surface area contributed by atoms with Crippen molar-refractivity contribution < 1.29 is 9.53 Å². The summed E-state index contributed by atoms with van der Waals surface area (Å²) >= 11 is 1.61. The molecular weight excluding hydrogens is 324 g/mol. The van der Waals surface area contributed by atoms with Gasteiger partial charge in [-0.1, -0.05) is 0 Å². The molecule has 0 spiro atoms. The molecule has 1 saturated heterocycles. The fourth-order valence-electron chi connectivity index (χ4n) is 3.06. The van der Waals surface area contributed by atoms with E-state index in [0.717, 1.165) is 35.9 Å². The first-order valence-corrected chi connectivity index (χ1v) is 9.16. The lowest BCUT2D eigenvalue weighted by atomic mass is 10.2. The summed E-state index contributed by atoms with van der Waals surface area (Å²) in [6, 6.07) is 1.85. The largest absolute Gasteiger partial charge is 0.373 e. The van der Waals surface area contributed by atoms with E-state index in [-0.39, 0.29) is 18.1 Å². The Morgan fingerprint density at radius 2 is 2.21 bits per heavy atom. The topological polar surface area (TPSA) is 70.2 Å². The van der Waals surface area contributed by atoms with Crippen molar-refractivity contribution in [3.8, 4) is 11.3 Å². The third-order valence-electron chi connectivity index (χ3n) is 4.05. The number of rotatable bonds is 5. The van der Waals surface area contributed by atoms with Crippen LogP contribution in [0.5, 0.6) is 0 Å². The van der Waals surface area contributed by atoms with E-state index in [4.69, 9.17) is 4.74 Å². The van der Waals surface area contributed by atoms with Crippen LogP contribution in [0.2, 0.25) is 0 Å². The van der Waals surface area contributed by atoms with Crippen LogP contribution >= 0.6 is 11.3 Å². The second-order valence-corrected chi connectivity index (χ2v) is 7.39. The Morgan fingerprint density at radius 3 is 2.88 bits per heavy atom. The summed E-state index contributed by atoms with van der Waals surface area (Å²) in [6.07, 6.45) is 2.32. The van der Waals surface area contributed by atoms with E-state index < -0.39 is 0 Å². The number of aryl methyl sites for hydroxylation is 1. The minimum Gasteiger partial charge on any atom is -0.373 e. The number of morpholine rings is 1. The van der Waals surface area contributed by atoms with E-state index in [1.165, 1.54) is 0 Å². The maximum absolute atomic E-state index is 12.3. The maximum Gasteiger partial charge on any atom is 0.267 e. The number of nitrogens with zero attached hydrogens (tertiary/aromatic N) is 2. The van der Waals surface area contributed by atoms with Crippen LogP contribution in [0.4, 0.5) is 0 Å². The molecule has 0 radical (unpaired) electrons. The zero-order chi connectivity index (χ0) is 17.1. The van der Waals surface area contributed by atoms with Crippen LogP contribution in [0, 0.1) is 6.92 Å². The van der Waals surface area contributed by atoms with Gasteiger partial charge in [0.25, 0.3) is 5.91 Å². The van der Waals surface area contributed by atoms with E-state index >= 15 is 0 Å². The molecule has 7 heteroatoms. The molecule has 24 heavy (non-hydrogen) atoms. The van der Waals surface area contributed by atoms with E-state index in [0.29, 0.717) is 12.2 Å². The second kappa shape index (κ2) is 7.46. The average molecular weight is 348 g/mol. The number of carbonyl (C=O) groups excluding carboxylic acids is 1. The summed E-state index contributed by atoms with van der Waals surface area (Å²) in [5.74, 6) is -0.0810. The monoisotopic (exact) mass is 348 g/mol. The summed E-state index contributed by atoms with van der Waals surface area (Å²) in [7, 11) is 0. The Labute approximate surface area is 146 Å². The Hall–Kier alpha value is -1.70. The number of carbonyl (C=O) groups is 1. The van der Waals surface area contributed by atoms with E-state index in [1.807, 2.05) is 24.6 Å². The highest BCUT2D eigenvalue weighted by atomic mass is 32.1. The van der Waals surface area contributed by atoms with Gasteiger partial charge in [-0.05, 0) is 26.8 Å². The van der Waals surface area contributed by atoms with Crippen molar-refractivity contribution in [2.45, 2.75) is 33.0 Å². The minimum atomic E-state index is -0.0810. The van der Waals surface area contributed by atoms with Gasteiger partial charge in [0, 0.05) is 43.3 Å². The molecular formula is C17H24N4O2S. The first-order valence-electron chi connectivity index (χ1n) is 8.28. The first kappa shape index (κ1) is 17.1. The number of aromatic amines is 1. The molecule has 0 saturated carbocycles. The lowest BCUT2D eigenvalue weighted by Crippen LogP contribution is -2.47. The predicted molar refractivity (Wildman–Crippen MR) is 95.4 cm³/mol. The highest BCUT2D eigenvalue weighted by Gasteiger charge is 2.21. The SMILES string of the molecule is Cc1nc(-c2c[nH]c(C(=O)NCCN3CC(C)OC(C)C3)c2)cs1. The Kier molecular flexibility index (Phi) is 5.33. The average Bonchev–Trinajstić information content (AvgIpc) is 3.14. The van der Waals surface area contributed by atoms with Crippen molar-refractivity contribution in [1.29, 1.82) is 0 Å². The Morgan fingerprint density at radius 1 is 1.46 bits per heavy atom. The van der Waals surface area contributed by atoms with Crippen LogP contribution in [-0.2, 0) is 4.74 Å². The number of hydrogen-bond donors (Lipinski definition) is 2. The van der Waals surface area contributed by atoms with Gasteiger partial charge in [-0.2, -0.15) is 0 Å². The number of amides is 1. The van der Waals surface area contributed by atoms with Crippen LogP contribution in [0.1, 0.15) is 29.3 Å². The number of thiazole rings is 1. The molecule has 3 heterocycles. The third kappa shape index (κ3) is 4.23. The summed E-state index contributed by atoms with van der Waals surface area (Å²) in [6.45, 7) is 9.43. The van der Waals surface area contributed by atoms with Gasteiger partial charge in [0.2, 0.25) is 0 Å². The second-order valence-electron chi connectivity index (χ2n) is 6.33. The lowest BCUT2D eigenvalue weighted by molar-refractivity contribution is -0.0672. The predicted octanol–water partition coefficient (Wildman–Crippen LogP) is 2.29. The van der Waals surface area contributed by atoms with Gasteiger partial charge in [0.05, 0.1) is 22.9 Å². The standard InChI is InChI=1S/C17H24N4O2S/c1-11-8-21(9-12(2)23-11)5-4-18-17(22)15-6-14(7-19-15)16-10-24-13(3)20-16/h6-7,10-12,19H,4-5,8-9H2,1-3H3,(H,18,22). The molecule has 0 bridgehead atoms. The van der Waals surface area contributed by atoms with Crippen molar-refractivity contribution >= 4 is 17.2 Å². The van der Waals surface area contributed by atoms with Crippen molar-refractivity contribution in [3.05, 3.63) is 28.3 Å². The van der Waals surface area contributed by atoms with Gasteiger partial charge in [0.1, 0.15) is 5.69 Å². The smallest absolute Gasteiger partial charge is 0.267 e. The van der Waals surface area contributed by atoms with Crippen molar-refractivity contribution in [1.82, 2.24) is 20.2 Å². The molecule has 6 nitrogen and oxygen atoms in total. The molecule has 0 aliphatic carbocycles. The molecule has 1 fully saturated rings. The molecule has 2 aromatic heterocycles. The van der Waals surface area contributed by atoms with Crippen LogP contribution in [0.15, 0.2) is 17.6 Å². The van der Waals surface area contributed by atoms with Crippen molar-refractivity contribution in [3.63, 3.8) is 0 Å². The van der Waals surface area contributed by atoms with Crippen LogP contribution in [0.3, 0.4) is 0 Å². The number of ether oxygens (including phenoxy) is 1. The zero-order valence-corrected chi connectivity index (χ0v) is 15.2. The molecule has 3 rings (SSSR count). The molecule has 2 unspecified atom stereocenters. The van der Waals surface area contributed by atoms with Crippen LogP contribution < -0.4 is 5.32 Å². The molecule has 1 aliphatic rings. The Balaban J connectivity index is 1.50. The van der Waals surface area contributed by atoms with Gasteiger partial charge >= 0.3 is 0 Å². The first-order chi connectivity index (χ1) is 11.5. The number of aromatic nitrogens is 2. The van der Waals surface area contributed by atoms with Crippen LogP contribution in [0.25, 0.3) is 11.3 Å². The molecule has 0 aromatic carbocycles. The van der Waals surface area contributed by atoms with Crippen LogP contribution in [-0.4, -0.2) is 59.2 Å². The summed E-state index contributed by atoms with van der Waals surface area (Å²) in [5, 5.41) is 6.00. The maximum atomic E-state index is 12.3. The fraction of sp³-hybridized carbons (Fsp3) is 0.529. The summed E-state index contributed by atoms with van der Waals surface area (Å²) in [5.41, 5.74) is 2.42. The normalized spacial score (nSPS) is 21.8. The van der Waals surface area contributed by atoms with E-state index in [2.05, 4.69) is 34.0 Å². The summed E-state index contributed by atoms with van der Waals surface area (Å²) in [4.78, 5) is 22.1. The molecule has 2 atom stereocenters. The third-order valence-corrected chi connectivity index (χ3v) is 4.82. The van der Waals surface area contributed by atoms with Gasteiger partial charge < -0.3 is 15.0 Å². The molecule has 2 N–H and O–H groups in total. The lowest BCUT2D eigenvalue weighted by Gasteiger charge is -2.35. The Bertz CT molecular complexity index is 686. The number of H-pyrrole nitrogens is 1. The molecule has 130 valence electrons. The minimum absolute atomic E-state index is 0.0810. The van der Waals surface area contributed by atoms with E-state index in [1.54, 1.807) is 11.3 Å². The molecule has 1 amide bonds. The van der Waals surface area contributed by atoms with E-state index in [9.17, 15) is 4.79 Å². The zero-order valence-electron chi connectivity index (χ0n) is 14.3. The van der Waals surface area contributed by atoms with Gasteiger partial charge in [-0.25, -0.2) is 4.98 Å². The highest BCUT2D eigenvalue weighted by molar-refractivity contribution is 7.09. The van der Waals surface area contributed by atoms with Gasteiger partial charge in [-0.15, -0.1) is 11.3 Å². The van der Waals surface area contributed by atoms with Crippen molar-refractivity contribution in [2.75, 3.05) is 26.2 Å². The molecule has 1 aliphatic heterocycles. The van der Waals surface area contributed by atoms with Crippen molar-refractivity contribution in [2.24, 2.45) is 0 Å².